The molecule has 0 saturated carbocycles. The van der Waals surface area contributed by atoms with Crippen molar-refractivity contribution in [3.63, 3.8) is 0 Å². The molecule has 3 heteroatoms. The van der Waals surface area contributed by atoms with E-state index in [1.807, 2.05) is 0 Å². The zero-order valence-electron chi connectivity index (χ0n) is 28.0. The lowest BCUT2D eigenvalue weighted by Gasteiger charge is -2.32. The molecule has 0 atom stereocenters. The summed E-state index contributed by atoms with van der Waals surface area (Å²) in [6, 6.07) is 61.9. The van der Waals surface area contributed by atoms with Crippen molar-refractivity contribution in [3.8, 4) is 39.3 Å². The Hall–Kier alpha value is -6.71. The Labute approximate surface area is 295 Å². The van der Waals surface area contributed by atoms with Gasteiger partial charge >= 0.3 is 0 Å². The first-order valence-electron chi connectivity index (χ1n) is 17.5. The predicted octanol–water partition coefficient (Wildman–Crippen LogP) is 12.7. The van der Waals surface area contributed by atoms with E-state index in [2.05, 4.69) is 186 Å². The Morgan fingerprint density at radius 3 is 1.63 bits per heavy atom. The molecule has 0 radical (unpaired) electrons. The predicted molar refractivity (Wildman–Crippen MR) is 215 cm³/mol. The first-order chi connectivity index (χ1) is 25.2. The van der Waals surface area contributed by atoms with Gasteiger partial charge in [0.1, 0.15) is 5.82 Å². The van der Waals surface area contributed by atoms with Crippen LogP contribution in [0.5, 0.6) is 0 Å². The van der Waals surface area contributed by atoms with Crippen molar-refractivity contribution in [2.24, 2.45) is 0 Å². The first kappa shape index (κ1) is 28.2. The normalized spacial score (nSPS) is 12.4. The van der Waals surface area contributed by atoms with Crippen LogP contribution in [0.1, 0.15) is 0 Å². The van der Waals surface area contributed by atoms with Gasteiger partial charge in [-0.1, -0.05) is 140 Å². The number of nitrogens with zero attached hydrogens (tertiary/aromatic N) is 3. The van der Waals surface area contributed by atoms with Gasteiger partial charge in [0, 0.05) is 18.2 Å². The third-order valence-electron chi connectivity index (χ3n) is 10.9. The van der Waals surface area contributed by atoms with Crippen LogP contribution in [-0.4, -0.2) is 16.6 Å². The lowest BCUT2D eigenvalue weighted by molar-refractivity contribution is 1.05. The number of hydrogen-bond donors (Lipinski definition) is 0. The number of aromatic nitrogens is 2. The van der Waals surface area contributed by atoms with Gasteiger partial charge in [-0.3, -0.25) is 4.57 Å². The highest BCUT2D eigenvalue weighted by Crippen LogP contribution is 2.52. The molecule has 3 nitrogen and oxygen atoms in total. The second-order valence-electron chi connectivity index (χ2n) is 13.6. The fourth-order valence-electron chi connectivity index (χ4n) is 8.60. The lowest BCUT2D eigenvalue weighted by Crippen LogP contribution is -2.19. The molecule has 0 unspecified atom stereocenters. The van der Waals surface area contributed by atoms with E-state index in [0.29, 0.717) is 0 Å². The average molecular weight is 650 g/mol. The number of benzene rings is 9. The minimum Gasteiger partial charge on any atom is -0.341 e. The summed E-state index contributed by atoms with van der Waals surface area (Å²) in [6.45, 7) is 0. The van der Waals surface area contributed by atoms with Crippen LogP contribution in [0.4, 0.5) is 11.4 Å². The summed E-state index contributed by atoms with van der Waals surface area (Å²) in [7, 11) is 2.21. The molecule has 238 valence electrons. The smallest absolute Gasteiger partial charge is 0.145 e. The Morgan fingerprint density at radius 1 is 0.431 bits per heavy atom. The maximum atomic E-state index is 5.30. The highest BCUT2D eigenvalue weighted by molar-refractivity contribution is 6.23. The molecule has 10 aromatic rings. The minimum absolute atomic E-state index is 0.955. The van der Waals surface area contributed by atoms with Gasteiger partial charge in [0.25, 0.3) is 0 Å². The topological polar surface area (TPSA) is 21.1 Å². The van der Waals surface area contributed by atoms with Gasteiger partial charge in [0.15, 0.2) is 0 Å². The van der Waals surface area contributed by atoms with Crippen LogP contribution >= 0.6 is 0 Å². The van der Waals surface area contributed by atoms with Crippen LogP contribution in [0, 0.1) is 0 Å². The summed E-state index contributed by atoms with van der Waals surface area (Å²) in [6.07, 6.45) is 0. The van der Waals surface area contributed by atoms with Crippen molar-refractivity contribution in [2.75, 3.05) is 11.9 Å². The zero-order valence-corrected chi connectivity index (χ0v) is 28.0. The molecule has 1 aromatic heterocycles. The number of anilines is 2. The van der Waals surface area contributed by atoms with Gasteiger partial charge in [-0.05, 0) is 90.1 Å². The molecular weight excluding hydrogens is 619 g/mol. The quantitative estimate of drug-likeness (QED) is 0.178. The molecule has 0 saturated heterocycles. The lowest BCUT2D eigenvalue weighted by atomic mass is 9.84. The number of imidazole rings is 1. The van der Waals surface area contributed by atoms with E-state index in [4.69, 9.17) is 4.98 Å². The minimum atomic E-state index is 0.955. The summed E-state index contributed by atoms with van der Waals surface area (Å²) in [5.41, 5.74) is 11.6. The van der Waals surface area contributed by atoms with E-state index >= 15 is 0 Å². The standard InChI is InChI=1S/C48H31N3/c1-50-42-22-11-21-41-47(42)51(48(49-41)35-27-25-31-13-3-5-15-33(31)29-35)43-23-10-20-40(46(43)50)45-38-18-8-6-16-36(38)44(37-17-7-9-19-39(37)45)34-26-24-30-12-2-4-14-32(30)28-34/h2-29H,1H3. The molecule has 0 aliphatic carbocycles. The number of para-hydroxylation sites is 2. The van der Waals surface area contributed by atoms with E-state index < -0.39 is 0 Å². The molecular formula is C48H31N3. The highest BCUT2D eigenvalue weighted by Gasteiger charge is 2.30. The van der Waals surface area contributed by atoms with E-state index in [9.17, 15) is 0 Å². The van der Waals surface area contributed by atoms with Gasteiger partial charge in [0.2, 0.25) is 0 Å². The van der Waals surface area contributed by atoms with Crippen molar-refractivity contribution < 1.29 is 0 Å². The molecule has 0 N–H and O–H groups in total. The summed E-state index contributed by atoms with van der Waals surface area (Å²) >= 11 is 0. The fourth-order valence-corrected chi connectivity index (χ4v) is 8.60. The molecule has 0 amide bonds. The van der Waals surface area contributed by atoms with Crippen LogP contribution in [-0.2, 0) is 0 Å². The third-order valence-corrected chi connectivity index (χ3v) is 10.9. The van der Waals surface area contributed by atoms with E-state index in [1.165, 1.54) is 71.0 Å². The number of fused-ring (bicyclic) bond motifs is 6. The van der Waals surface area contributed by atoms with Gasteiger partial charge in [-0.2, -0.15) is 0 Å². The van der Waals surface area contributed by atoms with Crippen molar-refractivity contribution in [1.82, 2.24) is 9.55 Å². The zero-order chi connectivity index (χ0) is 33.6. The van der Waals surface area contributed by atoms with Crippen molar-refractivity contribution in [2.45, 2.75) is 0 Å². The van der Waals surface area contributed by atoms with Crippen LogP contribution in [0.25, 0.3) is 93.5 Å². The van der Waals surface area contributed by atoms with E-state index in [-0.39, 0.29) is 0 Å². The SMILES string of the molecule is CN1c2c(-c3c4ccccc4c(-c4ccc5ccccc5c4)c4ccccc34)cccc2-n2c(-c3ccc4ccccc4c3)nc3cccc1c32. The van der Waals surface area contributed by atoms with Gasteiger partial charge in [-0.25, -0.2) is 4.98 Å². The molecule has 0 bridgehead atoms. The fraction of sp³-hybridized carbons (Fsp3) is 0.0208. The summed E-state index contributed by atoms with van der Waals surface area (Å²) in [5, 5.41) is 9.92. The maximum Gasteiger partial charge on any atom is 0.145 e. The highest BCUT2D eigenvalue weighted by atomic mass is 15.2. The van der Waals surface area contributed by atoms with Gasteiger partial charge < -0.3 is 4.90 Å². The largest absolute Gasteiger partial charge is 0.341 e. The maximum absolute atomic E-state index is 5.30. The Kier molecular flexibility index (Phi) is 5.88. The van der Waals surface area contributed by atoms with Crippen LogP contribution in [0.2, 0.25) is 0 Å². The number of hydrogen-bond acceptors (Lipinski definition) is 2. The second kappa shape index (κ2) is 10.6. The van der Waals surface area contributed by atoms with Crippen molar-refractivity contribution >= 4 is 65.5 Å². The molecule has 11 rings (SSSR count). The monoisotopic (exact) mass is 649 g/mol. The summed E-state index contributed by atoms with van der Waals surface area (Å²) in [4.78, 5) is 7.67. The molecule has 0 fully saturated rings. The van der Waals surface area contributed by atoms with Crippen LogP contribution in [0.15, 0.2) is 170 Å². The Bertz CT molecular complexity index is 3000. The summed E-state index contributed by atoms with van der Waals surface area (Å²) < 4.78 is 2.39. The summed E-state index contributed by atoms with van der Waals surface area (Å²) in [5.74, 6) is 0.955. The van der Waals surface area contributed by atoms with Crippen LogP contribution in [0.3, 0.4) is 0 Å². The molecule has 51 heavy (non-hydrogen) atoms. The molecule has 9 aromatic carbocycles. The number of rotatable bonds is 3. The first-order valence-corrected chi connectivity index (χ1v) is 17.5. The molecule has 2 heterocycles. The molecule has 1 aliphatic heterocycles. The van der Waals surface area contributed by atoms with E-state index in [0.717, 1.165) is 33.8 Å². The van der Waals surface area contributed by atoms with Gasteiger partial charge in [-0.15, -0.1) is 0 Å². The van der Waals surface area contributed by atoms with Crippen LogP contribution < -0.4 is 4.90 Å². The van der Waals surface area contributed by atoms with Crippen molar-refractivity contribution in [1.29, 1.82) is 0 Å². The van der Waals surface area contributed by atoms with E-state index in [1.54, 1.807) is 0 Å². The average Bonchev–Trinajstić information content (AvgIpc) is 3.59. The molecule has 0 spiro atoms. The Balaban J connectivity index is 1.22. The Morgan fingerprint density at radius 2 is 0.961 bits per heavy atom. The van der Waals surface area contributed by atoms with Gasteiger partial charge in [0.05, 0.1) is 28.1 Å². The molecule has 1 aliphatic rings. The van der Waals surface area contributed by atoms with Crippen molar-refractivity contribution in [3.05, 3.63) is 170 Å². The second-order valence-corrected chi connectivity index (χ2v) is 13.6. The third kappa shape index (κ3) is 4.03.